The molecule has 6 nitrogen and oxygen atoms in total. The van der Waals surface area contributed by atoms with Gasteiger partial charge in [0.2, 0.25) is 0 Å². The highest BCUT2D eigenvalue weighted by atomic mass is 35.5. The van der Waals surface area contributed by atoms with Crippen molar-refractivity contribution in [3.05, 3.63) is 31.6 Å². The lowest BCUT2D eigenvalue weighted by Crippen LogP contribution is -2.23. The summed E-state index contributed by atoms with van der Waals surface area (Å²) in [4.78, 5) is 25.5. The van der Waals surface area contributed by atoms with Gasteiger partial charge >= 0.3 is 5.69 Å². The van der Waals surface area contributed by atoms with Crippen molar-refractivity contribution < 1.29 is 0 Å². The SMILES string of the molecule is Cc1[nH]c(=O)[nH]c(=O)c1Cl.NCCN. The molecule has 7 heteroatoms. The molecule has 1 aromatic rings. The van der Waals surface area contributed by atoms with Crippen LogP contribution in [0.4, 0.5) is 0 Å². The summed E-state index contributed by atoms with van der Waals surface area (Å²) >= 11 is 5.44. The van der Waals surface area contributed by atoms with Gasteiger partial charge in [-0.2, -0.15) is 0 Å². The standard InChI is InChI=1S/C5H5ClN2O2.C2H8N2/c1-2-3(6)4(9)8-5(10)7-2;3-1-2-4/h1H3,(H2,7,8,9,10);1-4H2. The number of aromatic nitrogens is 2. The third-order valence-corrected chi connectivity index (χ3v) is 1.68. The number of aryl methyl sites for hydroxylation is 1. The van der Waals surface area contributed by atoms with E-state index in [1.807, 2.05) is 4.98 Å². The zero-order valence-corrected chi connectivity index (χ0v) is 8.52. The van der Waals surface area contributed by atoms with Crippen LogP contribution in [0.25, 0.3) is 0 Å². The average Bonchev–Trinajstić information content (AvgIpc) is 2.14. The minimum absolute atomic E-state index is 0.0274. The van der Waals surface area contributed by atoms with Gasteiger partial charge in [0.05, 0.1) is 0 Å². The number of nitrogens with one attached hydrogen (secondary N) is 2. The molecule has 0 fully saturated rings. The predicted molar refractivity (Wildman–Crippen MR) is 55.5 cm³/mol. The van der Waals surface area contributed by atoms with Crippen LogP contribution in [-0.2, 0) is 0 Å². The van der Waals surface area contributed by atoms with Gasteiger partial charge in [0.25, 0.3) is 5.56 Å². The van der Waals surface area contributed by atoms with E-state index < -0.39 is 11.2 Å². The maximum atomic E-state index is 10.7. The minimum atomic E-state index is -0.553. The molecule has 0 radical (unpaired) electrons. The number of rotatable bonds is 1. The van der Waals surface area contributed by atoms with E-state index in [0.29, 0.717) is 18.8 Å². The molecule has 0 aliphatic rings. The number of H-pyrrole nitrogens is 2. The molecular formula is C7H13ClN4O2. The molecule has 0 unspecified atom stereocenters. The number of aromatic amines is 2. The highest BCUT2D eigenvalue weighted by Gasteiger charge is 1.99. The predicted octanol–water partition coefficient (Wildman–Crippen LogP) is -1.07. The van der Waals surface area contributed by atoms with E-state index in [9.17, 15) is 9.59 Å². The first-order valence-electron chi connectivity index (χ1n) is 3.91. The van der Waals surface area contributed by atoms with Crippen LogP contribution in [0.15, 0.2) is 9.59 Å². The fourth-order valence-corrected chi connectivity index (χ4v) is 0.679. The Morgan fingerprint density at radius 2 is 1.71 bits per heavy atom. The number of halogens is 1. The normalized spacial score (nSPS) is 9.14. The molecule has 14 heavy (non-hydrogen) atoms. The van der Waals surface area contributed by atoms with Crippen LogP contribution < -0.4 is 22.7 Å². The monoisotopic (exact) mass is 220 g/mol. The summed E-state index contributed by atoms with van der Waals surface area (Å²) < 4.78 is 0. The fraction of sp³-hybridized carbons (Fsp3) is 0.429. The summed E-state index contributed by atoms with van der Waals surface area (Å²) in [6.45, 7) is 2.75. The van der Waals surface area contributed by atoms with Crippen LogP contribution in [0.5, 0.6) is 0 Å². The third kappa shape index (κ3) is 4.22. The molecule has 0 saturated carbocycles. The third-order valence-electron chi connectivity index (χ3n) is 1.22. The summed E-state index contributed by atoms with van der Waals surface area (Å²) in [6, 6.07) is 0. The van der Waals surface area contributed by atoms with Crippen LogP contribution >= 0.6 is 11.6 Å². The van der Waals surface area contributed by atoms with E-state index >= 15 is 0 Å². The molecule has 0 spiro atoms. The summed E-state index contributed by atoms with van der Waals surface area (Å²) in [5.74, 6) is 0. The molecule has 0 aliphatic heterocycles. The van der Waals surface area contributed by atoms with Crippen molar-refractivity contribution in [1.29, 1.82) is 0 Å². The van der Waals surface area contributed by atoms with E-state index in [1.165, 1.54) is 0 Å². The van der Waals surface area contributed by atoms with Crippen molar-refractivity contribution in [3.63, 3.8) is 0 Å². The van der Waals surface area contributed by atoms with E-state index in [0.717, 1.165) is 0 Å². The highest BCUT2D eigenvalue weighted by Crippen LogP contribution is 2.00. The molecule has 6 N–H and O–H groups in total. The molecule has 1 aromatic heterocycles. The first-order chi connectivity index (χ1) is 6.52. The van der Waals surface area contributed by atoms with E-state index in [4.69, 9.17) is 23.1 Å². The highest BCUT2D eigenvalue weighted by molar-refractivity contribution is 6.30. The Bertz CT molecular complexity index is 382. The van der Waals surface area contributed by atoms with Crippen LogP contribution in [-0.4, -0.2) is 23.1 Å². The maximum Gasteiger partial charge on any atom is 0.325 e. The van der Waals surface area contributed by atoms with E-state index in [2.05, 4.69) is 4.98 Å². The second kappa shape index (κ2) is 6.36. The number of hydrogen-bond acceptors (Lipinski definition) is 4. The molecule has 1 rings (SSSR count). The second-order valence-electron chi connectivity index (χ2n) is 2.42. The Kier molecular flexibility index (Phi) is 5.86. The lowest BCUT2D eigenvalue weighted by molar-refractivity contribution is 0.976. The van der Waals surface area contributed by atoms with Gasteiger partial charge < -0.3 is 16.5 Å². The molecule has 0 aromatic carbocycles. The van der Waals surface area contributed by atoms with Crippen molar-refractivity contribution in [2.75, 3.05) is 13.1 Å². The zero-order valence-electron chi connectivity index (χ0n) is 7.76. The minimum Gasteiger partial charge on any atom is -0.329 e. The molecule has 0 saturated heterocycles. The van der Waals surface area contributed by atoms with Crippen molar-refractivity contribution in [3.8, 4) is 0 Å². The van der Waals surface area contributed by atoms with Gasteiger partial charge in [0, 0.05) is 18.8 Å². The van der Waals surface area contributed by atoms with Crippen LogP contribution in [0.1, 0.15) is 5.69 Å². The Hall–Kier alpha value is -1.11. The first kappa shape index (κ1) is 12.9. The number of hydrogen-bond donors (Lipinski definition) is 4. The van der Waals surface area contributed by atoms with Crippen LogP contribution in [0.3, 0.4) is 0 Å². The van der Waals surface area contributed by atoms with E-state index in [1.54, 1.807) is 6.92 Å². The molecular weight excluding hydrogens is 208 g/mol. The van der Waals surface area contributed by atoms with Gasteiger partial charge in [-0.25, -0.2) is 4.79 Å². The van der Waals surface area contributed by atoms with Gasteiger partial charge in [-0.05, 0) is 6.92 Å². The van der Waals surface area contributed by atoms with Gasteiger partial charge in [-0.1, -0.05) is 11.6 Å². The zero-order chi connectivity index (χ0) is 11.1. The largest absolute Gasteiger partial charge is 0.329 e. The molecule has 80 valence electrons. The molecule has 0 bridgehead atoms. The van der Waals surface area contributed by atoms with Crippen LogP contribution in [0.2, 0.25) is 5.02 Å². The molecule has 1 heterocycles. The van der Waals surface area contributed by atoms with Crippen molar-refractivity contribution in [2.45, 2.75) is 6.92 Å². The van der Waals surface area contributed by atoms with Gasteiger partial charge in [0.15, 0.2) is 0 Å². The summed E-state index contributed by atoms with van der Waals surface area (Å²) in [6.07, 6.45) is 0. The Balaban J connectivity index is 0.000000364. The fourth-order valence-electron chi connectivity index (χ4n) is 0.585. The smallest absolute Gasteiger partial charge is 0.325 e. The van der Waals surface area contributed by atoms with E-state index in [-0.39, 0.29) is 5.02 Å². The Labute approximate surface area is 85.3 Å². The quantitative estimate of drug-likeness (QED) is 0.482. The topological polar surface area (TPSA) is 118 Å². The van der Waals surface area contributed by atoms with Crippen molar-refractivity contribution in [1.82, 2.24) is 9.97 Å². The summed E-state index contributed by atoms with van der Waals surface area (Å²) in [7, 11) is 0. The van der Waals surface area contributed by atoms with Gasteiger partial charge in [0.1, 0.15) is 5.02 Å². The van der Waals surface area contributed by atoms with Gasteiger partial charge in [-0.3, -0.25) is 9.78 Å². The molecule has 0 amide bonds. The number of nitrogens with two attached hydrogens (primary N) is 2. The molecule has 0 atom stereocenters. The second-order valence-corrected chi connectivity index (χ2v) is 2.80. The summed E-state index contributed by atoms with van der Waals surface area (Å²) in [5.41, 5.74) is 9.10. The lowest BCUT2D eigenvalue weighted by Gasteiger charge is -1.91. The Morgan fingerprint density at radius 1 is 1.21 bits per heavy atom. The van der Waals surface area contributed by atoms with Gasteiger partial charge in [-0.15, -0.1) is 0 Å². The molecule has 0 aliphatic carbocycles. The van der Waals surface area contributed by atoms with Crippen molar-refractivity contribution in [2.24, 2.45) is 11.5 Å². The average molecular weight is 221 g/mol. The summed E-state index contributed by atoms with van der Waals surface area (Å²) in [5, 5.41) is 0.0274. The van der Waals surface area contributed by atoms with Crippen LogP contribution in [0, 0.1) is 6.92 Å². The first-order valence-corrected chi connectivity index (χ1v) is 4.29. The Morgan fingerprint density at radius 3 is 2.07 bits per heavy atom. The maximum absolute atomic E-state index is 10.7. The van der Waals surface area contributed by atoms with Crippen molar-refractivity contribution >= 4 is 11.6 Å². The lowest BCUT2D eigenvalue weighted by atomic mass is 10.4.